The minimum Gasteiger partial charge on any atom is -0.310 e. The fourth-order valence-corrected chi connectivity index (χ4v) is 3.73. The molecule has 0 aromatic rings. The fourth-order valence-electron chi connectivity index (χ4n) is 3.73. The van der Waals surface area contributed by atoms with Crippen LogP contribution in [0.4, 0.5) is 0 Å². The average Bonchev–Trinajstić information content (AvgIpc) is 2.81. The van der Waals surface area contributed by atoms with Crippen LogP contribution in [-0.2, 0) is 0 Å². The molecule has 100 valence electrons. The molecular weight excluding hydrogens is 208 g/mol. The summed E-state index contributed by atoms with van der Waals surface area (Å²) in [5.41, 5.74) is 0.448. The van der Waals surface area contributed by atoms with E-state index < -0.39 is 0 Å². The Balaban J connectivity index is 1.94. The van der Waals surface area contributed by atoms with Crippen molar-refractivity contribution in [3.8, 4) is 0 Å². The number of hydrogen-bond acceptors (Lipinski definition) is 2. The molecule has 2 atom stereocenters. The number of likely N-dealkylation sites (tertiary alicyclic amines) is 1. The molecule has 0 radical (unpaired) electrons. The summed E-state index contributed by atoms with van der Waals surface area (Å²) in [6.45, 7) is 8.57. The van der Waals surface area contributed by atoms with E-state index in [1.165, 1.54) is 71.0 Å². The zero-order chi connectivity index (χ0) is 12.1. The largest absolute Gasteiger partial charge is 0.310 e. The Morgan fingerprint density at radius 3 is 2.76 bits per heavy atom. The molecule has 2 saturated heterocycles. The van der Waals surface area contributed by atoms with Crippen LogP contribution in [0.5, 0.6) is 0 Å². The van der Waals surface area contributed by atoms with Gasteiger partial charge >= 0.3 is 0 Å². The number of nitrogens with zero attached hydrogens (tertiary/aromatic N) is 1. The molecule has 2 rings (SSSR count). The first-order chi connectivity index (χ1) is 8.29. The molecule has 2 heterocycles. The van der Waals surface area contributed by atoms with Gasteiger partial charge in [0.1, 0.15) is 0 Å². The van der Waals surface area contributed by atoms with Crippen molar-refractivity contribution in [1.29, 1.82) is 0 Å². The standard InChI is InChI=1S/C15H30N2/c1-3-8-14-9-5-6-12-17(14)13-15(4-2)10-7-11-16-15/h14,16H,3-13H2,1-2H3. The molecule has 0 aliphatic carbocycles. The predicted molar refractivity (Wildman–Crippen MR) is 74.4 cm³/mol. The lowest BCUT2D eigenvalue weighted by Gasteiger charge is -2.42. The summed E-state index contributed by atoms with van der Waals surface area (Å²) < 4.78 is 0. The molecule has 0 amide bonds. The fraction of sp³-hybridized carbons (Fsp3) is 1.00. The highest BCUT2D eigenvalue weighted by molar-refractivity contribution is 4.96. The molecule has 17 heavy (non-hydrogen) atoms. The third kappa shape index (κ3) is 3.23. The van der Waals surface area contributed by atoms with Crippen molar-refractivity contribution < 1.29 is 0 Å². The summed E-state index contributed by atoms with van der Waals surface area (Å²) in [6, 6.07) is 0.875. The molecule has 0 aromatic carbocycles. The SMILES string of the molecule is CCCC1CCCCN1CC1(CC)CCCN1. The molecular formula is C15H30N2. The normalized spacial score (nSPS) is 35.3. The van der Waals surface area contributed by atoms with E-state index in [-0.39, 0.29) is 0 Å². The van der Waals surface area contributed by atoms with Gasteiger partial charge in [-0.15, -0.1) is 0 Å². The number of piperidine rings is 1. The van der Waals surface area contributed by atoms with Crippen LogP contribution in [0, 0.1) is 0 Å². The van der Waals surface area contributed by atoms with Crippen LogP contribution in [0.2, 0.25) is 0 Å². The Hall–Kier alpha value is -0.0800. The summed E-state index contributed by atoms with van der Waals surface area (Å²) in [7, 11) is 0. The van der Waals surface area contributed by atoms with Crippen LogP contribution >= 0.6 is 0 Å². The van der Waals surface area contributed by atoms with E-state index in [9.17, 15) is 0 Å². The maximum atomic E-state index is 3.79. The van der Waals surface area contributed by atoms with Crippen molar-refractivity contribution in [2.45, 2.75) is 76.8 Å². The van der Waals surface area contributed by atoms with Crippen molar-refractivity contribution >= 4 is 0 Å². The zero-order valence-electron chi connectivity index (χ0n) is 11.8. The molecule has 0 saturated carbocycles. The summed E-state index contributed by atoms with van der Waals surface area (Å²) in [6.07, 6.45) is 11.1. The van der Waals surface area contributed by atoms with Gasteiger partial charge in [0.2, 0.25) is 0 Å². The summed E-state index contributed by atoms with van der Waals surface area (Å²) in [5.74, 6) is 0. The summed E-state index contributed by atoms with van der Waals surface area (Å²) in [5, 5.41) is 3.79. The van der Waals surface area contributed by atoms with Crippen LogP contribution in [-0.4, -0.2) is 36.1 Å². The van der Waals surface area contributed by atoms with E-state index in [1.54, 1.807) is 0 Å². The molecule has 2 nitrogen and oxygen atoms in total. The second-order valence-corrected chi connectivity index (χ2v) is 6.07. The Labute approximate surface area is 107 Å². The second-order valence-electron chi connectivity index (χ2n) is 6.07. The highest BCUT2D eigenvalue weighted by Gasteiger charge is 2.35. The lowest BCUT2D eigenvalue weighted by Crippen LogP contribution is -2.53. The molecule has 2 aliphatic heterocycles. The summed E-state index contributed by atoms with van der Waals surface area (Å²) in [4.78, 5) is 2.80. The van der Waals surface area contributed by atoms with Crippen molar-refractivity contribution in [1.82, 2.24) is 10.2 Å². The highest BCUT2D eigenvalue weighted by atomic mass is 15.2. The third-order valence-corrected chi connectivity index (χ3v) is 4.89. The van der Waals surface area contributed by atoms with E-state index in [4.69, 9.17) is 0 Å². The lowest BCUT2D eigenvalue weighted by molar-refractivity contribution is 0.0984. The molecule has 0 spiro atoms. The van der Waals surface area contributed by atoms with E-state index in [0.29, 0.717) is 5.54 Å². The van der Waals surface area contributed by atoms with Crippen LogP contribution in [0.1, 0.15) is 65.2 Å². The van der Waals surface area contributed by atoms with Gasteiger partial charge in [-0.1, -0.05) is 26.7 Å². The number of rotatable bonds is 5. The predicted octanol–water partition coefficient (Wildman–Crippen LogP) is 3.17. The Morgan fingerprint density at radius 1 is 1.24 bits per heavy atom. The monoisotopic (exact) mass is 238 g/mol. The zero-order valence-corrected chi connectivity index (χ0v) is 11.8. The molecule has 0 bridgehead atoms. The Bertz CT molecular complexity index is 219. The van der Waals surface area contributed by atoms with Crippen LogP contribution < -0.4 is 5.32 Å². The van der Waals surface area contributed by atoms with E-state index in [0.717, 1.165) is 6.04 Å². The van der Waals surface area contributed by atoms with Gasteiger partial charge < -0.3 is 5.32 Å². The third-order valence-electron chi connectivity index (χ3n) is 4.89. The average molecular weight is 238 g/mol. The molecule has 2 unspecified atom stereocenters. The second kappa shape index (κ2) is 6.19. The first-order valence-corrected chi connectivity index (χ1v) is 7.79. The topological polar surface area (TPSA) is 15.3 Å². The first kappa shape index (κ1) is 13.4. The maximum absolute atomic E-state index is 3.79. The van der Waals surface area contributed by atoms with E-state index >= 15 is 0 Å². The Morgan fingerprint density at radius 2 is 2.12 bits per heavy atom. The van der Waals surface area contributed by atoms with Crippen LogP contribution in [0.3, 0.4) is 0 Å². The minimum absolute atomic E-state index is 0.448. The summed E-state index contributed by atoms with van der Waals surface area (Å²) >= 11 is 0. The van der Waals surface area contributed by atoms with E-state index in [2.05, 4.69) is 24.1 Å². The minimum atomic E-state index is 0.448. The van der Waals surface area contributed by atoms with Gasteiger partial charge in [-0.25, -0.2) is 0 Å². The van der Waals surface area contributed by atoms with Crippen molar-refractivity contribution in [2.75, 3.05) is 19.6 Å². The first-order valence-electron chi connectivity index (χ1n) is 7.79. The van der Waals surface area contributed by atoms with Crippen LogP contribution in [0.15, 0.2) is 0 Å². The smallest absolute Gasteiger partial charge is 0.0306 e. The maximum Gasteiger partial charge on any atom is 0.0306 e. The van der Waals surface area contributed by atoms with Crippen LogP contribution in [0.25, 0.3) is 0 Å². The molecule has 2 heteroatoms. The van der Waals surface area contributed by atoms with Gasteiger partial charge in [0.25, 0.3) is 0 Å². The lowest BCUT2D eigenvalue weighted by atomic mass is 9.90. The molecule has 2 aliphatic rings. The molecule has 1 N–H and O–H groups in total. The van der Waals surface area contributed by atoms with Gasteiger partial charge in [0.15, 0.2) is 0 Å². The number of nitrogens with one attached hydrogen (secondary N) is 1. The van der Waals surface area contributed by atoms with Crippen molar-refractivity contribution in [3.63, 3.8) is 0 Å². The number of hydrogen-bond donors (Lipinski definition) is 1. The van der Waals surface area contributed by atoms with Gasteiger partial charge in [-0.3, -0.25) is 4.90 Å². The Kier molecular flexibility index (Phi) is 4.87. The quantitative estimate of drug-likeness (QED) is 0.791. The van der Waals surface area contributed by atoms with Gasteiger partial charge in [-0.05, 0) is 51.6 Å². The highest BCUT2D eigenvalue weighted by Crippen LogP contribution is 2.28. The molecule has 2 fully saturated rings. The van der Waals surface area contributed by atoms with Crippen molar-refractivity contribution in [3.05, 3.63) is 0 Å². The van der Waals surface area contributed by atoms with Gasteiger partial charge in [-0.2, -0.15) is 0 Å². The van der Waals surface area contributed by atoms with Gasteiger partial charge in [0.05, 0.1) is 0 Å². The van der Waals surface area contributed by atoms with E-state index in [1.807, 2.05) is 0 Å². The van der Waals surface area contributed by atoms with Crippen molar-refractivity contribution in [2.24, 2.45) is 0 Å². The van der Waals surface area contributed by atoms with Gasteiger partial charge in [0, 0.05) is 18.1 Å². The molecule has 0 aromatic heterocycles.